The largest absolute Gasteiger partial charge is 0.455 e. The second-order valence-corrected chi connectivity index (χ2v) is 7.78. The molecule has 0 saturated heterocycles. The number of nitro groups is 2. The number of fused-ring (bicyclic) bond motifs is 1. The number of non-ortho nitro benzene ring substituents is 2. The van der Waals surface area contributed by atoms with Crippen molar-refractivity contribution in [3.8, 4) is 0 Å². The van der Waals surface area contributed by atoms with Crippen LogP contribution in [0.15, 0.2) is 58.0 Å². The van der Waals surface area contributed by atoms with Crippen molar-refractivity contribution in [2.24, 2.45) is 5.10 Å². The number of hydrogen-bond donors (Lipinski definition) is 2. The Morgan fingerprint density at radius 2 is 1.66 bits per heavy atom. The highest BCUT2D eigenvalue weighted by molar-refractivity contribution is 6.09. The Kier molecular flexibility index (Phi) is 6.36. The summed E-state index contributed by atoms with van der Waals surface area (Å²) in [7, 11) is 0. The minimum atomic E-state index is -0.613. The van der Waals surface area contributed by atoms with Gasteiger partial charge in [0.25, 0.3) is 23.2 Å². The predicted molar refractivity (Wildman–Crippen MR) is 125 cm³/mol. The van der Waals surface area contributed by atoms with E-state index in [4.69, 9.17) is 4.42 Å². The molecule has 1 aliphatic rings. The van der Waals surface area contributed by atoms with E-state index in [0.29, 0.717) is 41.9 Å². The third kappa shape index (κ3) is 4.90. The fraction of sp³-hybridized carbons (Fsp3) is 0.174. The first-order valence-electron chi connectivity index (χ1n) is 10.5. The highest BCUT2D eigenvalue weighted by atomic mass is 16.6. The van der Waals surface area contributed by atoms with Crippen LogP contribution in [0.2, 0.25) is 0 Å². The zero-order valence-corrected chi connectivity index (χ0v) is 18.4. The number of carbonyl (C=O) groups excluding carboxylic acids is 2. The van der Waals surface area contributed by atoms with Crippen LogP contribution in [0, 0.1) is 27.2 Å². The summed E-state index contributed by atoms with van der Waals surface area (Å²) in [5.74, 6) is -0.599. The summed E-state index contributed by atoms with van der Waals surface area (Å²) in [4.78, 5) is 46.1. The molecule has 0 bridgehead atoms. The summed E-state index contributed by atoms with van der Waals surface area (Å²) in [5.41, 5.74) is 4.02. The van der Waals surface area contributed by atoms with Crippen molar-refractivity contribution in [3.63, 3.8) is 0 Å². The molecule has 1 heterocycles. The molecular formula is C23H19N5O7. The Balaban J connectivity index is 1.56. The smallest absolute Gasteiger partial charge is 0.291 e. The number of aryl methyl sites for hydroxylation is 1. The number of hydrogen-bond acceptors (Lipinski definition) is 8. The van der Waals surface area contributed by atoms with Gasteiger partial charge in [0.05, 0.1) is 15.6 Å². The van der Waals surface area contributed by atoms with Gasteiger partial charge in [-0.05, 0) is 31.9 Å². The van der Waals surface area contributed by atoms with Crippen LogP contribution in [0.3, 0.4) is 0 Å². The lowest BCUT2D eigenvalue weighted by Crippen LogP contribution is -2.22. The lowest BCUT2D eigenvalue weighted by molar-refractivity contribution is -0.385. The maximum absolute atomic E-state index is 12.8. The molecule has 1 aliphatic carbocycles. The van der Waals surface area contributed by atoms with E-state index in [0.717, 1.165) is 6.07 Å². The van der Waals surface area contributed by atoms with Crippen molar-refractivity contribution in [2.75, 3.05) is 5.32 Å². The number of nitrogens with zero attached hydrogens (tertiary/aromatic N) is 3. The number of benzene rings is 2. The molecule has 12 heteroatoms. The lowest BCUT2D eigenvalue weighted by Gasteiger charge is -2.13. The fourth-order valence-corrected chi connectivity index (χ4v) is 3.83. The van der Waals surface area contributed by atoms with Crippen LogP contribution in [-0.4, -0.2) is 27.4 Å². The zero-order valence-electron chi connectivity index (χ0n) is 18.4. The van der Waals surface area contributed by atoms with E-state index >= 15 is 0 Å². The van der Waals surface area contributed by atoms with E-state index in [1.165, 1.54) is 42.5 Å². The molecule has 1 aromatic heterocycles. The number of carbonyl (C=O) groups is 2. The normalized spacial score (nSPS) is 13.7. The Labute approximate surface area is 197 Å². The van der Waals surface area contributed by atoms with Crippen molar-refractivity contribution in [3.05, 3.63) is 97.0 Å². The molecule has 0 radical (unpaired) electrons. The predicted octanol–water partition coefficient (Wildman–Crippen LogP) is 4.13. The number of nitrogens with one attached hydrogen (secondary N) is 2. The summed E-state index contributed by atoms with van der Waals surface area (Å²) < 4.78 is 5.80. The van der Waals surface area contributed by atoms with E-state index in [1.54, 1.807) is 6.92 Å². The summed E-state index contributed by atoms with van der Waals surface area (Å²) >= 11 is 0. The number of rotatable bonds is 6. The van der Waals surface area contributed by atoms with Crippen LogP contribution < -0.4 is 10.7 Å². The van der Waals surface area contributed by atoms with Gasteiger partial charge in [-0.1, -0.05) is 12.1 Å². The second kappa shape index (κ2) is 9.55. The molecule has 4 rings (SSSR count). The quantitative estimate of drug-likeness (QED) is 0.397. The third-order valence-corrected chi connectivity index (χ3v) is 5.46. The first-order valence-corrected chi connectivity index (χ1v) is 10.5. The summed E-state index contributed by atoms with van der Waals surface area (Å²) in [5, 5.41) is 28.7. The molecule has 0 atom stereocenters. The van der Waals surface area contributed by atoms with E-state index in [1.807, 2.05) is 0 Å². The van der Waals surface area contributed by atoms with Gasteiger partial charge in [0, 0.05) is 53.1 Å². The van der Waals surface area contributed by atoms with E-state index < -0.39 is 21.7 Å². The van der Waals surface area contributed by atoms with Crippen LogP contribution >= 0.6 is 0 Å². The molecule has 35 heavy (non-hydrogen) atoms. The topological polar surface area (TPSA) is 170 Å². The first-order chi connectivity index (χ1) is 16.7. The summed E-state index contributed by atoms with van der Waals surface area (Å²) in [6, 6.07) is 10.8. The van der Waals surface area contributed by atoms with Crippen molar-refractivity contribution >= 4 is 34.6 Å². The average molecular weight is 477 g/mol. The monoisotopic (exact) mass is 477 g/mol. The van der Waals surface area contributed by atoms with Crippen LogP contribution in [0.25, 0.3) is 0 Å². The minimum Gasteiger partial charge on any atom is -0.455 e. The standard InChI is InChI=1S/C23H19N5O7/c1-13-20-18(25-26-22(29)14-5-2-7-16(11-14)27(31)32)9-4-10-19(20)35-21(13)23(30)24-15-6-3-8-17(12-15)28(33)34/h2-3,5-8,11-12H,4,9-10H2,1H3,(H,24,30)(H,26,29)/b25-18+. The Morgan fingerprint density at radius 3 is 2.37 bits per heavy atom. The molecular weight excluding hydrogens is 458 g/mol. The van der Waals surface area contributed by atoms with Gasteiger partial charge in [-0.2, -0.15) is 5.10 Å². The van der Waals surface area contributed by atoms with Crippen LogP contribution in [0.1, 0.15) is 50.6 Å². The number of anilines is 1. The summed E-state index contributed by atoms with van der Waals surface area (Å²) in [6.07, 6.45) is 1.77. The minimum absolute atomic E-state index is 0.0427. The molecule has 0 unspecified atom stereocenters. The van der Waals surface area contributed by atoms with Crippen LogP contribution in [0.5, 0.6) is 0 Å². The highest BCUT2D eigenvalue weighted by Crippen LogP contribution is 2.30. The molecule has 0 spiro atoms. The van der Waals surface area contributed by atoms with Crippen molar-refractivity contribution in [1.29, 1.82) is 0 Å². The maximum atomic E-state index is 12.8. The lowest BCUT2D eigenvalue weighted by atomic mass is 9.93. The Bertz CT molecular complexity index is 1390. The van der Waals surface area contributed by atoms with Gasteiger partial charge >= 0.3 is 0 Å². The van der Waals surface area contributed by atoms with E-state index in [-0.39, 0.29) is 28.4 Å². The maximum Gasteiger partial charge on any atom is 0.291 e. The molecule has 12 nitrogen and oxygen atoms in total. The second-order valence-electron chi connectivity index (χ2n) is 7.78. The van der Waals surface area contributed by atoms with E-state index in [9.17, 15) is 29.8 Å². The van der Waals surface area contributed by atoms with Gasteiger partial charge in [0.1, 0.15) is 5.76 Å². The average Bonchev–Trinajstić information content (AvgIpc) is 3.20. The van der Waals surface area contributed by atoms with Gasteiger partial charge in [-0.25, -0.2) is 5.43 Å². The van der Waals surface area contributed by atoms with Crippen molar-refractivity contribution in [2.45, 2.75) is 26.2 Å². The molecule has 0 saturated carbocycles. The molecule has 0 aliphatic heterocycles. The number of hydrazone groups is 1. The van der Waals surface area contributed by atoms with Crippen LogP contribution in [0.4, 0.5) is 17.1 Å². The Morgan fingerprint density at radius 1 is 0.971 bits per heavy atom. The Hall–Kier alpha value is -4.87. The first kappa shape index (κ1) is 23.3. The van der Waals surface area contributed by atoms with Crippen molar-refractivity contribution < 1.29 is 23.9 Å². The number of amides is 2. The molecule has 2 N–H and O–H groups in total. The van der Waals surface area contributed by atoms with Gasteiger partial charge in [-0.15, -0.1) is 0 Å². The molecule has 178 valence electrons. The van der Waals surface area contributed by atoms with Gasteiger partial charge in [-0.3, -0.25) is 29.8 Å². The van der Waals surface area contributed by atoms with Crippen molar-refractivity contribution in [1.82, 2.24) is 5.43 Å². The summed E-state index contributed by atoms with van der Waals surface area (Å²) in [6.45, 7) is 1.69. The zero-order chi connectivity index (χ0) is 25.1. The van der Waals surface area contributed by atoms with Gasteiger partial charge < -0.3 is 9.73 Å². The fourth-order valence-electron chi connectivity index (χ4n) is 3.83. The molecule has 0 fully saturated rings. The van der Waals surface area contributed by atoms with E-state index in [2.05, 4.69) is 15.8 Å². The molecule has 2 amide bonds. The van der Waals surface area contributed by atoms with Gasteiger partial charge in [0.2, 0.25) is 0 Å². The number of nitro benzene ring substituents is 2. The molecule has 3 aromatic rings. The van der Waals surface area contributed by atoms with Crippen LogP contribution in [-0.2, 0) is 6.42 Å². The number of furan rings is 1. The van der Waals surface area contributed by atoms with Gasteiger partial charge in [0.15, 0.2) is 5.76 Å². The highest BCUT2D eigenvalue weighted by Gasteiger charge is 2.28. The third-order valence-electron chi connectivity index (χ3n) is 5.46. The SMILES string of the molecule is Cc1c(C(=O)Nc2cccc([N+](=O)[O-])c2)oc2c1/C(=N/NC(=O)c1cccc([N+](=O)[O-])c1)CCC2. The molecule has 2 aromatic carbocycles.